The fraction of sp³-hybridized carbons (Fsp3) is 0.286. The molecule has 0 aliphatic heterocycles. The molecule has 0 bridgehead atoms. The maximum atomic E-state index is 12.1. The molecule has 0 spiro atoms. The first-order valence-corrected chi connectivity index (χ1v) is 3.44. The molecular formula is C7H6F3O4+. The second-order valence-corrected chi connectivity index (χ2v) is 2.44. The molecule has 7 heteroatoms. The zero-order chi connectivity index (χ0) is 10.9. The Morgan fingerprint density at radius 1 is 1.57 bits per heavy atom. The van der Waals surface area contributed by atoms with Crippen molar-refractivity contribution in [3.05, 3.63) is 23.2 Å². The molecule has 0 radical (unpaired) electrons. The summed E-state index contributed by atoms with van der Waals surface area (Å²) in [6.07, 6.45) is -4.76. The Hall–Kier alpha value is -1.50. The van der Waals surface area contributed by atoms with Crippen LogP contribution in [-0.2, 0) is 12.8 Å². The monoisotopic (exact) mass is 211 g/mol. The van der Waals surface area contributed by atoms with E-state index in [4.69, 9.17) is 10.2 Å². The predicted molar refractivity (Wildman–Crippen MR) is 38.0 cm³/mol. The van der Waals surface area contributed by atoms with E-state index in [2.05, 4.69) is 4.42 Å². The molecule has 0 fully saturated rings. The Balaban J connectivity index is 3.22. The van der Waals surface area contributed by atoms with E-state index in [1.165, 1.54) is 0 Å². The molecule has 3 N–H and O–H groups in total. The number of carbonyl (C=O) groups is 1. The highest BCUT2D eigenvalue weighted by atomic mass is 19.4. The molecule has 0 aliphatic rings. The van der Waals surface area contributed by atoms with E-state index >= 15 is 0 Å². The zero-order valence-electron chi connectivity index (χ0n) is 6.68. The average Bonchev–Trinajstić information content (AvgIpc) is 2.46. The van der Waals surface area contributed by atoms with Gasteiger partial charge < -0.3 is 14.6 Å². The first-order valence-electron chi connectivity index (χ1n) is 3.44. The molecule has 0 atom stereocenters. The van der Waals surface area contributed by atoms with E-state index in [-0.39, 0.29) is 0 Å². The summed E-state index contributed by atoms with van der Waals surface area (Å²) in [4.78, 5) is 10.3. The van der Waals surface area contributed by atoms with Gasteiger partial charge in [0.05, 0.1) is 5.56 Å². The number of hydrogen-bond acceptors (Lipinski definition) is 2. The van der Waals surface area contributed by atoms with Gasteiger partial charge in [-0.05, 0) is 0 Å². The van der Waals surface area contributed by atoms with Crippen LogP contribution in [0.1, 0.15) is 21.9 Å². The van der Waals surface area contributed by atoms with Crippen molar-refractivity contribution in [1.82, 2.24) is 0 Å². The highest BCUT2D eigenvalue weighted by molar-refractivity contribution is 5.84. The Morgan fingerprint density at radius 2 is 2.14 bits per heavy atom. The van der Waals surface area contributed by atoms with Crippen molar-refractivity contribution in [2.75, 3.05) is 0 Å². The lowest BCUT2D eigenvalue weighted by Crippen LogP contribution is -2.06. The van der Waals surface area contributed by atoms with Crippen LogP contribution in [0.25, 0.3) is 0 Å². The molecule has 0 saturated carbocycles. The third-order valence-electron chi connectivity index (χ3n) is 1.47. The van der Waals surface area contributed by atoms with Crippen LogP contribution in [0.15, 0.2) is 10.5 Å². The summed E-state index contributed by atoms with van der Waals surface area (Å²) in [6.45, 7) is -0.675. The van der Waals surface area contributed by atoms with Gasteiger partial charge in [0, 0.05) is 6.07 Å². The van der Waals surface area contributed by atoms with Crippen LogP contribution >= 0.6 is 0 Å². The average molecular weight is 211 g/mol. The second kappa shape index (κ2) is 3.33. The van der Waals surface area contributed by atoms with Crippen molar-refractivity contribution in [2.45, 2.75) is 12.8 Å². The standard InChI is InChI=1S/C7H5F3O4/c8-7(9,10)5-3(2-11)1-4(14-5)6(12)13/h1,11H,2H2,(H,12,13)/p+1. The smallest absolute Gasteiger partial charge is 0.450 e. The number of carboxylic acid groups (broad SMARTS) is 1. The number of hydrogen-bond donors (Lipinski definition) is 1. The molecule has 0 aliphatic carbocycles. The van der Waals surface area contributed by atoms with Crippen LogP contribution in [0.3, 0.4) is 0 Å². The van der Waals surface area contributed by atoms with E-state index < -0.39 is 35.8 Å². The molecule has 14 heavy (non-hydrogen) atoms. The van der Waals surface area contributed by atoms with Gasteiger partial charge in [-0.25, -0.2) is 4.79 Å². The molecule has 78 valence electrons. The van der Waals surface area contributed by atoms with Gasteiger partial charge in [-0.2, -0.15) is 13.2 Å². The van der Waals surface area contributed by atoms with Crippen LogP contribution in [-0.4, -0.2) is 16.2 Å². The third kappa shape index (κ3) is 1.87. The lowest BCUT2D eigenvalue weighted by Gasteiger charge is -2.02. The summed E-state index contributed by atoms with van der Waals surface area (Å²) >= 11 is 0. The van der Waals surface area contributed by atoms with Gasteiger partial charge in [-0.3, -0.25) is 0 Å². The molecule has 1 heterocycles. The molecular weight excluding hydrogens is 205 g/mol. The van der Waals surface area contributed by atoms with E-state index in [9.17, 15) is 18.0 Å². The molecule has 0 unspecified atom stereocenters. The fourth-order valence-corrected chi connectivity index (χ4v) is 0.905. The lowest BCUT2D eigenvalue weighted by atomic mass is 10.2. The fourth-order valence-electron chi connectivity index (χ4n) is 0.905. The normalized spacial score (nSPS) is 11.7. The van der Waals surface area contributed by atoms with Gasteiger partial charge in [0.15, 0.2) is 6.61 Å². The summed E-state index contributed by atoms with van der Waals surface area (Å²) in [7, 11) is 0. The van der Waals surface area contributed by atoms with E-state index in [1.54, 1.807) is 0 Å². The second-order valence-electron chi connectivity index (χ2n) is 2.44. The Labute approximate surface area is 75.6 Å². The van der Waals surface area contributed by atoms with E-state index in [0.717, 1.165) is 0 Å². The number of aromatic carboxylic acids is 1. The maximum absolute atomic E-state index is 12.1. The molecule has 1 aromatic rings. The maximum Gasteiger partial charge on any atom is 0.450 e. The van der Waals surface area contributed by atoms with Gasteiger partial charge in [-0.15, -0.1) is 0 Å². The van der Waals surface area contributed by atoms with E-state index in [1.807, 2.05) is 0 Å². The van der Waals surface area contributed by atoms with Crippen molar-refractivity contribution in [1.29, 1.82) is 0 Å². The number of halogens is 3. The summed E-state index contributed by atoms with van der Waals surface area (Å²) in [5.74, 6) is -3.81. The first-order chi connectivity index (χ1) is 6.36. The summed E-state index contributed by atoms with van der Waals surface area (Å²) in [5, 5.41) is 15.1. The molecule has 1 aromatic heterocycles. The van der Waals surface area contributed by atoms with Crippen molar-refractivity contribution in [3.63, 3.8) is 0 Å². The number of rotatable bonds is 2. The Morgan fingerprint density at radius 3 is 2.43 bits per heavy atom. The van der Waals surface area contributed by atoms with Crippen LogP contribution < -0.4 is 0 Å². The summed E-state index contributed by atoms with van der Waals surface area (Å²) in [6, 6.07) is 0.707. The predicted octanol–water partition coefficient (Wildman–Crippen LogP) is 1.22. The van der Waals surface area contributed by atoms with Crippen molar-refractivity contribution in [3.8, 4) is 0 Å². The van der Waals surface area contributed by atoms with Crippen molar-refractivity contribution >= 4 is 5.97 Å². The topological polar surface area (TPSA) is 73.3 Å². The largest absolute Gasteiger partial charge is 0.475 e. The Kier molecular flexibility index (Phi) is 2.52. The van der Waals surface area contributed by atoms with Gasteiger partial charge in [0.1, 0.15) is 0 Å². The molecule has 0 aromatic carbocycles. The van der Waals surface area contributed by atoms with Gasteiger partial charge in [0.2, 0.25) is 11.5 Å². The SMILES string of the molecule is O=C(O)c1cc(C[OH2+])c(C(F)(F)F)o1. The number of furan rings is 1. The van der Waals surface area contributed by atoms with Crippen molar-refractivity contribution in [2.24, 2.45) is 0 Å². The highest BCUT2D eigenvalue weighted by Crippen LogP contribution is 2.34. The Bertz CT molecular complexity index is 352. The van der Waals surface area contributed by atoms with Gasteiger partial charge in [-0.1, -0.05) is 0 Å². The molecule has 0 amide bonds. The number of alkyl halides is 3. The van der Waals surface area contributed by atoms with Crippen LogP contribution in [0, 0.1) is 0 Å². The first kappa shape index (κ1) is 10.6. The summed E-state index contributed by atoms with van der Waals surface area (Å²) < 4.78 is 40.5. The van der Waals surface area contributed by atoms with E-state index in [0.29, 0.717) is 6.07 Å². The quantitative estimate of drug-likeness (QED) is 0.747. The number of carboxylic acids is 1. The van der Waals surface area contributed by atoms with Crippen LogP contribution in [0.4, 0.5) is 13.2 Å². The van der Waals surface area contributed by atoms with Gasteiger partial charge >= 0.3 is 12.1 Å². The minimum Gasteiger partial charge on any atom is -0.475 e. The minimum absolute atomic E-state index is 0.477. The third-order valence-corrected chi connectivity index (χ3v) is 1.47. The zero-order valence-corrected chi connectivity index (χ0v) is 6.68. The highest BCUT2D eigenvalue weighted by Gasteiger charge is 2.39. The molecule has 0 saturated heterocycles. The summed E-state index contributed by atoms with van der Waals surface area (Å²) in [5.41, 5.74) is -0.477. The molecule has 4 nitrogen and oxygen atoms in total. The van der Waals surface area contributed by atoms with Crippen molar-refractivity contribution < 1.29 is 32.6 Å². The lowest BCUT2D eigenvalue weighted by molar-refractivity contribution is -0.154. The molecule has 1 rings (SSSR count). The minimum atomic E-state index is -4.76. The van der Waals surface area contributed by atoms with Crippen LogP contribution in [0.2, 0.25) is 0 Å². The van der Waals surface area contributed by atoms with Crippen LogP contribution in [0.5, 0.6) is 0 Å². The van der Waals surface area contributed by atoms with Gasteiger partial charge in [0.25, 0.3) is 0 Å².